The topological polar surface area (TPSA) is 85.5 Å². The van der Waals surface area contributed by atoms with Gasteiger partial charge < -0.3 is 9.84 Å². The number of nitrogens with zero attached hydrogens (tertiary/aromatic N) is 2. The first-order chi connectivity index (χ1) is 8.58. The molecule has 2 aromatic rings. The lowest BCUT2D eigenvalue weighted by molar-refractivity contribution is 0.0691. The molecule has 0 radical (unpaired) electrons. The van der Waals surface area contributed by atoms with Gasteiger partial charge in [0.05, 0.1) is 0 Å². The summed E-state index contributed by atoms with van der Waals surface area (Å²) in [5.41, 5.74) is 1.23. The number of rotatable bonds is 4. The number of ether oxygens (including phenoxy) is 1. The van der Waals surface area contributed by atoms with Gasteiger partial charge in [0.2, 0.25) is 0 Å². The van der Waals surface area contributed by atoms with Gasteiger partial charge in [0.15, 0.2) is 0 Å². The number of hydrogen-bond donors (Lipinski definition) is 1. The SMILES string of the molecule is Cc1nonc1COc1ccc(Br)cc1C(=O)O. The zero-order valence-corrected chi connectivity index (χ0v) is 11.0. The maximum Gasteiger partial charge on any atom is 0.339 e. The number of carboxylic acid groups (broad SMARTS) is 1. The highest BCUT2D eigenvalue weighted by Gasteiger charge is 2.13. The maximum atomic E-state index is 11.1. The molecule has 1 aromatic carbocycles. The van der Waals surface area contributed by atoms with Gasteiger partial charge >= 0.3 is 5.97 Å². The number of benzene rings is 1. The molecule has 6 nitrogen and oxygen atoms in total. The Bertz CT molecular complexity index is 582. The van der Waals surface area contributed by atoms with Crippen LogP contribution < -0.4 is 4.74 Å². The van der Waals surface area contributed by atoms with Crippen molar-refractivity contribution in [3.8, 4) is 5.75 Å². The van der Waals surface area contributed by atoms with Crippen LogP contribution in [0.5, 0.6) is 5.75 Å². The van der Waals surface area contributed by atoms with Crippen molar-refractivity contribution < 1.29 is 19.3 Å². The van der Waals surface area contributed by atoms with E-state index in [1.165, 1.54) is 6.07 Å². The second-order valence-electron chi connectivity index (χ2n) is 3.53. The van der Waals surface area contributed by atoms with Crippen molar-refractivity contribution in [1.82, 2.24) is 10.3 Å². The van der Waals surface area contributed by atoms with Crippen molar-refractivity contribution in [2.75, 3.05) is 0 Å². The minimum absolute atomic E-state index is 0.0819. The monoisotopic (exact) mass is 312 g/mol. The summed E-state index contributed by atoms with van der Waals surface area (Å²) in [5, 5.41) is 16.3. The molecule has 1 heterocycles. The molecule has 0 aliphatic rings. The molecule has 18 heavy (non-hydrogen) atoms. The minimum Gasteiger partial charge on any atom is -0.486 e. The van der Waals surface area contributed by atoms with Crippen molar-refractivity contribution in [2.24, 2.45) is 0 Å². The number of carboxylic acids is 1. The van der Waals surface area contributed by atoms with Crippen LogP contribution in [-0.4, -0.2) is 21.4 Å². The summed E-state index contributed by atoms with van der Waals surface area (Å²) in [5.74, 6) is -0.783. The van der Waals surface area contributed by atoms with Gasteiger partial charge in [0.1, 0.15) is 29.3 Å². The molecule has 0 amide bonds. The number of aromatic carboxylic acids is 1. The molecule has 2 rings (SSSR count). The Kier molecular flexibility index (Phi) is 3.61. The van der Waals surface area contributed by atoms with Crippen LogP contribution in [0.1, 0.15) is 21.7 Å². The van der Waals surface area contributed by atoms with Gasteiger partial charge in [-0.1, -0.05) is 26.2 Å². The fourth-order valence-electron chi connectivity index (χ4n) is 1.32. The summed E-state index contributed by atoms with van der Waals surface area (Å²) in [4.78, 5) is 11.1. The molecule has 7 heteroatoms. The summed E-state index contributed by atoms with van der Waals surface area (Å²) >= 11 is 3.21. The Morgan fingerprint density at radius 3 is 2.89 bits per heavy atom. The summed E-state index contributed by atoms with van der Waals surface area (Å²) in [7, 11) is 0. The zero-order chi connectivity index (χ0) is 13.1. The first kappa shape index (κ1) is 12.6. The Labute approximate surface area is 111 Å². The Morgan fingerprint density at radius 1 is 1.50 bits per heavy atom. The quantitative estimate of drug-likeness (QED) is 0.933. The Hall–Kier alpha value is -1.89. The van der Waals surface area contributed by atoms with Crippen LogP contribution in [0.2, 0.25) is 0 Å². The molecule has 0 fully saturated rings. The molecule has 0 aliphatic carbocycles. The molecule has 1 N–H and O–H groups in total. The van der Waals surface area contributed by atoms with E-state index in [0.717, 1.165) is 0 Å². The van der Waals surface area contributed by atoms with Gasteiger partial charge in [0, 0.05) is 4.47 Å². The highest BCUT2D eigenvalue weighted by molar-refractivity contribution is 9.10. The van der Waals surface area contributed by atoms with E-state index in [1.54, 1.807) is 19.1 Å². The van der Waals surface area contributed by atoms with Crippen molar-refractivity contribution in [3.63, 3.8) is 0 Å². The molecule has 0 atom stereocenters. The largest absolute Gasteiger partial charge is 0.486 e. The average molecular weight is 313 g/mol. The predicted molar refractivity (Wildman–Crippen MR) is 64.5 cm³/mol. The standard InChI is InChI=1S/C11H9BrN2O4/c1-6-9(14-18-13-6)5-17-10-3-2-7(12)4-8(10)11(15)16/h2-4H,5H2,1H3,(H,15,16). The lowest BCUT2D eigenvalue weighted by Gasteiger charge is -2.07. The van der Waals surface area contributed by atoms with Gasteiger partial charge in [0.25, 0.3) is 0 Å². The van der Waals surface area contributed by atoms with Crippen LogP contribution in [0, 0.1) is 6.92 Å². The van der Waals surface area contributed by atoms with Gasteiger partial charge in [-0.3, -0.25) is 0 Å². The normalized spacial score (nSPS) is 10.3. The van der Waals surface area contributed by atoms with Crippen LogP contribution in [0.4, 0.5) is 0 Å². The highest BCUT2D eigenvalue weighted by Crippen LogP contribution is 2.24. The molecule has 0 saturated carbocycles. The lowest BCUT2D eigenvalue weighted by atomic mass is 10.2. The molecule has 94 valence electrons. The van der Waals surface area contributed by atoms with Gasteiger partial charge in [-0.2, -0.15) is 0 Å². The number of hydrogen-bond acceptors (Lipinski definition) is 5. The van der Waals surface area contributed by atoms with E-state index in [4.69, 9.17) is 9.84 Å². The smallest absolute Gasteiger partial charge is 0.339 e. The second-order valence-corrected chi connectivity index (χ2v) is 4.45. The Morgan fingerprint density at radius 2 is 2.28 bits per heavy atom. The summed E-state index contributed by atoms with van der Waals surface area (Å²) < 4.78 is 10.6. The van der Waals surface area contributed by atoms with E-state index in [0.29, 0.717) is 15.9 Å². The van der Waals surface area contributed by atoms with Crippen molar-refractivity contribution in [2.45, 2.75) is 13.5 Å². The van der Waals surface area contributed by atoms with E-state index < -0.39 is 5.97 Å². The van der Waals surface area contributed by atoms with Crippen molar-refractivity contribution in [1.29, 1.82) is 0 Å². The van der Waals surface area contributed by atoms with Crippen LogP contribution >= 0.6 is 15.9 Å². The van der Waals surface area contributed by atoms with Gasteiger partial charge in [-0.25, -0.2) is 9.42 Å². The van der Waals surface area contributed by atoms with E-state index in [1.807, 2.05) is 0 Å². The van der Waals surface area contributed by atoms with Crippen molar-refractivity contribution in [3.05, 3.63) is 39.6 Å². The first-order valence-electron chi connectivity index (χ1n) is 5.01. The molecule has 0 unspecified atom stereocenters. The molecule has 0 spiro atoms. The van der Waals surface area contributed by atoms with Gasteiger partial charge in [-0.15, -0.1) is 0 Å². The fraction of sp³-hybridized carbons (Fsp3) is 0.182. The lowest BCUT2D eigenvalue weighted by Crippen LogP contribution is -2.04. The molecule has 0 bridgehead atoms. The molecule has 0 saturated heterocycles. The van der Waals surface area contributed by atoms with Crippen LogP contribution in [-0.2, 0) is 6.61 Å². The number of aryl methyl sites for hydroxylation is 1. The van der Waals surface area contributed by atoms with Crippen LogP contribution in [0.15, 0.2) is 27.3 Å². The van der Waals surface area contributed by atoms with E-state index in [2.05, 4.69) is 30.9 Å². The third-order valence-electron chi connectivity index (χ3n) is 2.28. The van der Waals surface area contributed by atoms with E-state index >= 15 is 0 Å². The third kappa shape index (κ3) is 2.67. The minimum atomic E-state index is -1.05. The number of halogens is 1. The maximum absolute atomic E-state index is 11.1. The third-order valence-corrected chi connectivity index (χ3v) is 2.78. The molecular weight excluding hydrogens is 304 g/mol. The van der Waals surface area contributed by atoms with E-state index in [-0.39, 0.29) is 17.9 Å². The van der Waals surface area contributed by atoms with Crippen LogP contribution in [0.25, 0.3) is 0 Å². The van der Waals surface area contributed by atoms with Crippen LogP contribution in [0.3, 0.4) is 0 Å². The summed E-state index contributed by atoms with van der Waals surface area (Å²) in [6.45, 7) is 1.84. The number of carbonyl (C=O) groups is 1. The Balaban J connectivity index is 2.19. The molecular formula is C11H9BrN2O4. The zero-order valence-electron chi connectivity index (χ0n) is 9.38. The summed E-state index contributed by atoms with van der Waals surface area (Å²) in [6.07, 6.45) is 0. The fourth-order valence-corrected chi connectivity index (χ4v) is 1.68. The van der Waals surface area contributed by atoms with Crippen molar-refractivity contribution >= 4 is 21.9 Å². The molecule has 0 aliphatic heterocycles. The molecule has 1 aromatic heterocycles. The average Bonchev–Trinajstić information content (AvgIpc) is 2.73. The number of aromatic nitrogens is 2. The summed E-state index contributed by atoms with van der Waals surface area (Å²) in [6, 6.07) is 4.76. The van der Waals surface area contributed by atoms with Gasteiger partial charge in [-0.05, 0) is 25.1 Å². The predicted octanol–water partition coefficient (Wildman–Crippen LogP) is 2.42. The van der Waals surface area contributed by atoms with E-state index in [9.17, 15) is 4.79 Å². The second kappa shape index (κ2) is 5.18. The highest BCUT2D eigenvalue weighted by atomic mass is 79.9. The first-order valence-corrected chi connectivity index (χ1v) is 5.81.